The number of hydrogen-bond donors (Lipinski definition) is 1. The molecular weight excluding hydrogens is 230 g/mol. The number of carbonyl (C=O) groups is 1. The van der Waals surface area contributed by atoms with E-state index >= 15 is 0 Å². The summed E-state index contributed by atoms with van der Waals surface area (Å²) in [5, 5.41) is 0. The van der Waals surface area contributed by atoms with Crippen LogP contribution in [-0.2, 0) is 6.42 Å². The van der Waals surface area contributed by atoms with E-state index in [4.69, 9.17) is 5.73 Å². The summed E-state index contributed by atoms with van der Waals surface area (Å²) in [7, 11) is 0. The van der Waals surface area contributed by atoms with Crippen LogP contribution in [0.25, 0.3) is 0 Å². The lowest BCUT2D eigenvalue weighted by Crippen LogP contribution is -2.04. The molecular formula is C14H15NOS. The molecule has 0 unspecified atom stereocenters. The topological polar surface area (TPSA) is 43.1 Å². The first-order valence-electron chi connectivity index (χ1n) is 5.62. The Kier molecular flexibility index (Phi) is 3.29. The third kappa shape index (κ3) is 2.24. The summed E-state index contributed by atoms with van der Waals surface area (Å²) in [5.74, 6) is 0.0240. The lowest BCUT2D eigenvalue weighted by Gasteiger charge is -2.05. The molecule has 0 spiro atoms. The molecule has 0 saturated heterocycles. The highest BCUT2D eigenvalue weighted by atomic mass is 32.1. The molecule has 0 aliphatic rings. The zero-order chi connectivity index (χ0) is 12.4. The fraction of sp³-hybridized carbons (Fsp3) is 0.214. The Balaban J connectivity index is 2.40. The maximum atomic E-state index is 12.3. The van der Waals surface area contributed by atoms with E-state index < -0.39 is 0 Å². The van der Waals surface area contributed by atoms with Gasteiger partial charge >= 0.3 is 0 Å². The summed E-state index contributed by atoms with van der Waals surface area (Å²) in [4.78, 5) is 14.3. The highest BCUT2D eigenvalue weighted by molar-refractivity contribution is 7.14. The summed E-state index contributed by atoms with van der Waals surface area (Å²) >= 11 is 1.55. The predicted molar refractivity (Wildman–Crippen MR) is 72.7 cm³/mol. The molecule has 0 aliphatic carbocycles. The average Bonchev–Trinajstić information content (AvgIpc) is 2.80. The van der Waals surface area contributed by atoms with Crippen molar-refractivity contribution in [3.63, 3.8) is 0 Å². The quantitative estimate of drug-likeness (QED) is 0.665. The minimum atomic E-state index is 0.0240. The fourth-order valence-corrected chi connectivity index (χ4v) is 2.60. The van der Waals surface area contributed by atoms with Crippen LogP contribution in [0, 0.1) is 6.92 Å². The van der Waals surface area contributed by atoms with Crippen molar-refractivity contribution in [2.75, 3.05) is 5.73 Å². The molecule has 2 rings (SSSR count). The molecule has 0 bridgehead atoms. The number of thiophene rings is 1. The molecule has 0 amide bonds. The van der Waals surface area contributed by atoms with Crippen molar-refractivity contribution < 1.29 is 4.79 Å². The first-order chi connectivity index (χ1) is 8.13. The van der Waals surface area contributed by atoms with Gasteiger partial charge in [-0.2, -0.15) is 0 Å². The van der Waals surface area contributed by atoms with Gasteiger partial charge in [0.15, 0.2) is 0 Å². The molecule has 0 fully saturated rings. The Hall–Kier alpha value is -1.61. The van der Waals surface area contributed by atoms with Gasteiger partial charge in [0, 0.05) is 16.1 Å². The summed E-state index contributed by atoms with van der Waals surface area (Å²) in [6.07, 6.45) is 0.960. The third-order valence-electron chi connectivity index (χ3n) is 2.80. The number of para-hydroxylation sites is 1. The van der Waals surface area contributed by atoms with Crippen molar-refractivity contribution in [3.05, 3.63) is 51.2 Å². The average molecular weight is 245 g/mol. The number of rotatable bonds is 3. The van der Waals surface area contributed by atoms with Crippen LogP contribution in [-0.4, -0.2) is 5.78 Å². The van der Waals surface area contributed by atoms with Crippen LogP contribution in [0.5, 0.6) is 0 Å². The van der Waals surface area contributed by atoms with E-state index in [0.717, 1.165) is 16.9 Å². The van der Waals surface area contributed by atoms with Crippen molar-refractivity contribution in [1.82, 2.24) is 0 Å². The van der Waals surface area contributed by atoms with E-state index in [9.17, 15) is 4.79 Å². The first-order valence-corrected chi connectivity index (χ1v) is 6.43. The maximum absolute atomic E-state index is 12.3. The molecule has 2 aromatic rings. The van der Waals surface area contributed by atoms with Crippen molar-refractivity contribution in [2.45, 2.75) is 20.3 Å². The molecule has 0 aliphatic heterocycles. The van der Waals surface area contributed by atoms with E-state index in [0.29, 0.717) is 11.3 Å². The Morgan fingerprint density at radius 2 is 2.06 bits per heavy atom. The highest BCUT2D eigenvalue weighted by Crippen LogP contribution is 2.24. The maximum Gasteiger partial charge on any atom is 0.205 e. The van der Waals surface area contributed by atoms with Crippen LogP contribution in [0.3, 0.4) is 0 Å². The molecule has 2 nitrogen and oxygen atoms in total. The predicted octanol–water partition coefficient (Wildman–Crippen LogP) is 3.43. The molecule has 0 atom stereocenters. The van der Waals surface area contributed by atoms with Crippen LogP contribution < -0.4 is 5.73 Å². The van der Waals surface area contributed by atoms with Gasteiger partial charge in [-0.15, -0.1) is 11.3 Å². The first kappa shape index (κ1) is 11.9. The van der Waals surface area contributed by atoms with Crippen molar-refractivity contribution in [3.8, 4) is 0 Å². The zero-order valence-corrected chi connectivity index (χ0v) is 10.8. The largest absolute Gasteiger partial charge is 0.398 e. The Labute approximate surface area is 105 Å². The normalized spacial score (nSPS) is 10.5. The van der Waals surface area contributed by atoms with E-state index in [-0.39, 0.29) is 5.78 Å². The van der Waals surface area contributed by atoms with Gasteiger partial charge in [-0.25, -0.2) is 0 Å². The van der Waals surface area contributed by atoms with E-state index in [1.165, 1.54) is 4.88 Å². The summed E-state index contributed by atoms with van der Waals surface area (Å²) < 4.78 is 0. The number of nitrogen functional groups attached to an aromatic ring is 1. The van der Waals surface area contributed by atoms with Crippen LogP contribution >= 0.6 is 11.3 Å². The molecule has 1 heterocycles. The second kappa shape index (κ2) is 4.72. The van der Waals surface area contributed by atoms with Crippen molar-refractivity contribution in [1.29, 1.82) is 0 Å². The van der Waals surface area contributed by atoms with Crippen molar-refractivity contribution in [2.24, 2.45) is 0 Å². The summed E-state index contributed by atoms with van der Waals surface area (Å²) in [5.41, 5.74) is 8.08. The second-order valence-corrected chi connectivity index (χ2v) is 5.15. The van der Waals surface area contributed by atoms with Crippen molar-refractivity contribution >= 4 is 22.8 Å². The van der Waals surface area contributed by atoms with Gasteiger partial charge in [-0.3, -0.25) is 4.79 Å². The number of nitrogens with two attached hydrogens (primary N) is 1. The fourth-order valence-electron chi connectivity index (χ4n) is 1.70. The number of anilines is 1. The third-order valence-corrected chi connectivity index (χ3v) is 4.03. The standard InChI is InChI=1S/C14H15NOS/c1-3-10-7-8-12(17-10)14(16)11-6-4-5-9(2)13(11)15/h4-8H,3,15H2,1-2H3. The minimum absolute atomic E-state index is 0.0240. The lowest BCUT2D eigenvalue weighted by molar-refractivity contribution is 0.104. The van der Waals surface area contributed by atoms with Gasteiger partial charge in [0.05, 0.1) is 4.88 Å². The Morgan fingerprint density at radius 1 is 1.29 bits per heavy atom. The Bertz CT molecular complexity index is 557. The van der Waals surface area contributed by atoms with Crippen LogP contribution in [0.1, 0.15) is 32.6 Å². The van der Waals surface area contributed by atoms with E-state index in [1.807, 2.05) is 31.2 Å². The zero-order valence-electron chi connectivity index (χ0n) is 9.99. The highest BCUT2D eigenvalue weighted by Gasteiger charge is 2.14. The number of carbonyl (C=O) groups excluding carboxylic acids is 1. The smallest absolute Gasteiger partial charge is 0.205 e. The molecule has 3 heteroatoms. The summed E-state index contributed by atoms with van der Waals surface area (Å²) in [6.45, 7) is 4.00. The molecule has 17 heavy (non-hydrogen) atoms. The summed E-state index contributed by atoms with van der Waals surface area (Å²) in [6, 6.07) is 9.46. The molecule has 88 valence electrons. The number of ketones is 1. The van der Waals surface area contributed by atoms with Crippen LogP contribution in [0.2, 0.25) is 0 Å². The number of hydrogen-bond acceptors (Lipinski definition) is 3. The van der Waals surface area contributed by atoms with Gasteiger partial charge < -0.3 is 5.73 Å². The SMILES string of the molecule is CCc1ccc(C(=O)c2cccc(C)c2N)s1. The van der Waals surface area contributed by atoms with Gasteiger partial charge in [0.25, 0.3) is 0 Å². The number of aryl methyl sites for hydroxylation is 2. The van der Waals surface area contributed by atoms with Gasteiger partial charge in [-0.05, 0) is 37.1 Å². The molecule has 2 N–H and O–H groups in total. The molecule has 1 aromatic carbocycles. The Morgan fingerprint density at radius 3 is 2.71 bits per heavy atom. The molecule has 0 saturated carbocycles. The van der Waals surface area contributed by atoms with Gasteiger partial charge in [-0.1, -0.05) is 19.1 Å². The number of benzene rings is 1. The van der Waals surface area contributed by atoms with Crippen LogP contribution in [0.15, 0.2) is 30.3 Å². The van der Waals surface area contributed by atoms with Gasteiger partial charge in [0.1, 0.15) is 0 Å². The minimum Gasteiger partial charge on any atom is -0.398 e. The second-order valence-electron chi connectivity index (χ2n) is 3.98. The van der Waals surface area contributed by atoms with Gasteiger partial charge in [0.2, 0.25) is 5.78 Å². The molecule has 0 radical (unpaired) electrons. The van der Waals surface area contributed by atoms with E-state index in [2.05, 4.69) is 6.92 Å². The lowest BCUT2D eigenvalue weighted by atomic mass is 10.0. The molecule has 1 aromatic heterocycles. The monoisotopic (exact) mass is 245 g/mol. The van der Waals surface area contributed by atoms with E-state index in [1.54, 1.807) is 17.4 Å². The van der Waals surface area contributed by atoms with Crippen LogP contribution in [0.4, 0.5) is 5.69 Å².